The summed E-state index contributed by atoms with van der Waals surface area (Å²) >= 11 is 0. The lowest BCUT2D eigenvalue weighted by Gasteiger charge is -2.36. The lowest BCUT2D eigenvalue weighted by molar-refractivity contribution is -0.246. The van der Waals surface area contributed by atoms with E-state index in [2.05, 4.69) is 6.92 Å². The van der Waals surface area contributed by atoms with Crippen LogP contribution in [-0.2, 0) is 34.6 Å². The second kappa shape index (κ2) is 8.55. The molecule has 5 atom stereocenters. The number of hydrogen-bond donors (Lipinski definition) is 0. The van der Waals surface area contributed by atoms with Crippen LogP contribution in [-0.4, -0.2) is 49.3 Å². The summed E-state index contributed by atoms with van der Waals surface area (Å²) in [5, 5.41) is 0. The zero-order valence-electron chi connectivity index (χ0n) is 17.6. The van der Waals surface area contributed by atoms with Gasteiger partial charge in [0.1, 0.15) is 17.8 Å². The fraction of sp³-hybridized carbons (Fsp3) is 0.714. The highest BCUT2D eigenvalue weighted by Crippen LogP contribution is 2.51. The number of benzene rings is 1. The molecule has 0 aromatic heterocycles. The predicted molar refractivity (Wildman–Crippen MR) is 108 cm³/mol. The van der Waals surface area contributed by atoms with Gasteiger partial charge in [0.2, 0.25) is 0 Å². The monoisotopic (exact) mass is 412 g/mol. The molecule has 2 heterocycles. The van der Waals surface area contributed by atoms with E-state index in [0.717, 1.165) is 5.56 Å². The van der Waals surface area contributed by atoms with Gasteiger partial charge in [-0.2, -0.15) is 0 Å². The molecule has 158 valence electrons. The maximum absolute atomic E-state index is 12.7. The van der Waals surface area contributed by atoms with Crippen LogP contribution < -0.4 is 0 Å². The zero-order chi connectivity index (χ0) is 20.4. The van der Waals surface area contributed by atoms with Gasteiger partial charge in [-0.05, 0) is 39.2 Å². The Morgan fingerprint density at radius 1 is 1.11 bits per heavy atom. The van der Waals surface area contributed by atoms with Gasteiger partial charge in [-0.15, -0.1) is 0 Å². The fourth-order valence-corrected chi connectivity index (χ4v) is 5.51. The minimum atomic E-state index is -2.68. The van der Waals surface area contributed by atoms with Crippen molar-refractivity contribution in [1.29, 1.82) is 0 Å². The molecule has 0 saturated carbocycles. The standard InChI is InChI=1S/C21H33O6P/c1-6-21(13-14-28(5,22)24-7-2)18(23-15-16-11-9-8-10-12-16)17-19(27-21)26-20(3,4)25-17/h8-12,17-19H,6-7,13-15H2,1-5H3/t17-,18?,19-,21-,28?/m0/s1. The molecule has 0 radical (unpaired) electrons. The van der Waals surface area contributed by atoms with Crippen LogP contribution in [0.25, 0.3) is 0 Å². The molecule has 0 amide bonds. The predicted octanol–water partition coefficient (Wildman–Crippen LogP) is 4.56. The molecule has 2 saturated heterocycles. The zero-order valence-corrected chi connectivity index (χ0v) is 18.4. The van der Waals surface area contributed by atoms with Gasteiger partial charge in [-0.3, -0.25) is 4.57 Å². The van der Waals surface area contributed by atoms with Gasteiger partial charge in [0.15, 0.2) is 19.4 Å². The van der Waals surface area contributed by atoms with Gasteiger partial charge < -0.3 is 23.5 Å². The van der Waals surface area contributed by atoms with E-state index in [0.29, 0.717) is 32.2 Å². The van der Waals surface area contributed by atoms with Crippen LogP contribution in [0.4, 0.5) is 0 Å². The van der Waals surface area contributed by atoms with Crippen LogP contribution >= 0.6 is 7.37 Å². The van der Waals surface area contributed by atoms with E-state index in [1.165, 1.54) is 0 Å². The van der Waals surface area contributed by atoms with Crippen molar-refractivity contribution in [3.05, 3.63) is 35.9 Å². The smallest absolute Gasteiger partial charge is 0.200 e. The molecule has 0 N–H and O–H groups in total. The van der Waals surface area contributed by atoms with E-state index in [1.807, 2.05) is 51.1 Å². The van der Waals surface area contributed by atoms with Crippen LogP contribution in [0, 0.1) is 0 Å². The van der Waals surface area contributed by atoms with Gasteiger partial charge in [0.25, 0.3) is 0 Å². The molecule has 2 aliphatic rings. The molecule has 1 aromatic carbocycles. The van der Waals surface area contributed by atoms with Gasteiger partial charge in [0.05, 0.1) is 13.2 Å². The molecule has 2 unspecified atom stereocenters. The Balaban J connectivity index is 1.79. The second-order valence-corrected chi connectivity index (χ2v) is 10.9. The lowest BCUT2D eigenvalue weighted by atomic mass is 9.89. The molecule has 6 nitrogen and oxygen atoms in total. The Morgan fingerprint density at radius 3 is 2.46 bits per heavy atom. The van der Waals surface area contributed by atoms with Gasteiger partial charge in [-0.1, -0.05) is 37.3 Å². The number of fused-ring (bicyclic) bond motifs is 1. The minimum Gasteiger partial charge on any atom is -0.368 e. The van der Waals surface area contributed by atoms with E-state index in [1.54, 1.807) is 6.66 Å². The molecule has 3 rings (SSSR count). The van der Waals surface area contributed by atoms with Crippen molar-refractivity contribution in [1.82, 2.24) is 0 Å². The molecule has 2 fully saturated rings. The van der Waals surface area contributed by atoms with Gasteiger partial charge >= 0.3 is 0 Å². The maximum atomic E-state index is 12.7. The summed E-state index contributed by atoms with van der Waals surface area (Å²) in [4.78, 5) is 0. The third-order valence-corrected chi connectivity index (χ3v) is 7.31. The maximum Gasteiger partial charge on any atom is 0.200 e. The third-order valence-electron chi connectivity index (χ3n) is 5.47. The highest BCUT2D eigenvalue weighted by molar-refractivity contribution is 7.58. The van der Waals surface area contributed by atoms with E-state index >= 15 is 0 Å². The third kappa shape index (κ3) is 4.86. The molecule has 0 bridgehead atoms. The Kier molecular flexibility index (Phi) is 6.70. The Hall–Kier alpha value is -0.750. The second-order valence-electron chi connectivity index (χ2n) is 8.13. The average Bonchev–Trinajstić information content (AvgIpc) is 3.08. The Morgan fingerprint density at radius 2 is 1.82 bits per heavy atom. The largest absolute Gasteiger partial charge is 0.368 e. The van der Waals surface area contributed by atoms with Gasteiger partial charge in [0, 0.05) is 12.8 Å². The van der Waals surface area contributed by atoms with Crippen molar-refractivity contribution < 1.29 is 28.0 Å². The van der Waals surface area contributed by atoms with E-state index in [-0.39, 0.29) is 12.2 Å². The van der Waals surface area contributed by atoms with Crippen molar-refractivity contribution in [2.75, 3.05) is 19.4 Å². The summed E-state index contributed by atoms with van der Waals surface area (Å²) in [6.07, 6.45) is 0.588. The molecule has 0 aliphatic carbocycles. The Bertz CT molecular complexity index is 693. The van der Waals surface area contributed by atoms with Crippen molar-refractivity contribution >= 4 is 7.37 Å². The molecular weight excluding hydrogens is 379 g/mol. The first-order valence-corrected chi connectivity index (χ1v) is 12.4. The SMILES string of the molecule is CCOP(C)(=O)CC[C@]1(CC)O[C@@H]2OC(C)(C)O[C@H]2C1OCc1ccccc1. The first-order valence-electron chi connectivity index (χ1n) is 10.1. The highest BCUT2D eigenvalue weighted by atomic mass is 31.2. The van der Waals surface area contributed by atoms with Crippen LogP contribution in [0.5, 0.6) is 0 Å². The quantitative estimate of drug-likeness (QED) is 0.554. The summed E-state index contributed by atoms with van der Waals surface area (Å²) < 4.78 is 43.0. The lowest BCUT2D eigenvalue weighted by Crippen LogP contribution is -2.47. The van der Waals surface area contributed by atoms with Crippen molar-refractivity contribution in [3.63, 3.8) is 0 Å². The first-order chi connectivity index (χ1) is 13.2. The molecule has 0 spiro atoms. The Labute approximate surface area is 168 Å². The topological polar surface area (TPSA) is 63.2 Å². The van der Waals surface area contributed by atoms with E-state index in [4.69, 9.17) is 23.5 Å². The van der Waals surface area contributed by atoms with E-state index < -0.39 is 25.0 Å². The minimum absolute atomic E-state index is 0.314. The molecular formula is C21H33O6P. The first kappa shape index (κ1) is 21.9. The van der Waals surface area contributed by atoms with Crippen LogP contribution in [0.15, 0.2) is 30.3 Å². The summed E-state index contributed by atoms with van der Waals surface area (Å²) in [5.41, 5.74) is 0.466. The fourth-order valence-electron chi connectivity index (χ4n) is 4.05. The summed E-state index contributed by atoms with van der Waals surface area (Å²) in [5.74, 6) is -0.713. The average molecular weight is 412 g/mol. The summed E-state index contributed by atoms with van der Waals surface area (Å²) in [6.45, 7) is 10.3. The van der Waals surface area contributed by atoms with Gasteiger partial charge in [-0.25, -0.2) is 0 Å². The van der Waals surface area contributed by atoms with Crippen LogP contribution in [0.3, 0.4) is 0 Å². The normalized spacial score (nSPS) is 33.5. The van der Waals surface area contributed by atoms with Crippen LogP contribution in [0.2, 0.25) is 0 Å². The summed E-state index contributed by atoms with van der Waals surface area (Å²) in [6, 6.07) is 10.0. The van der Waals surface area contributed by atoms with E-state index in [9.17, 15) is 4.57 Å². The van der Waals surface area contributed by atoms with Crippen molar-refractivity contribution in [2.24, 2.45) is 0 Å². The molecule has 2 aliphatic heterocycles. The highest BCUT2D eigenvalue weighted by Gasteiger charge is 2.61. The van der Waals surface area contributed by atoms with Crippen LogP contribution in [0.1, 0.15) is 46.1 Å². The number of ether oxygens (including phenoxy) is 4. The molecule has 28 heavy (non-hydrogen) atoms. The molecule has 7 heteroatoms. The number of hydrogen-bond acceptors (Lipinski definition) is 6. The summed E-state index contributed by atoms with van der Waals surface area (Å²) in [7, 11) is -2.68. The van der Waals surface area contributed by atoms with Crippen molar-refractivity contribution in [2.45, 2.75) is 77.0 Å². The number of rotatable bonds is 9. The molecule has 1 aromatic rings. The van der Waals surface area contributed by atoms with Crippen molar-refractivity contribution in [3.8, 4) is 0 Å².